The summed E-state index contributed by atoms with van der Waals surface area (Å²) in [5, 5.41) is 1.45. The van der Waals surface area contributed by atoms with Crippen LogP contribution in [0.15, 0.2) is 11.8 Å². The Morgan fingerprint density at radius 1 is 1.33 bits per heavy atom. The smallest absolute Gasteiger partial charge is 0.0768 e. The normalized spacial score (nSPS) is 11.6. The predicted molar refractivity (Wildman–Crippen MR) is 47.4 cm³/mol. The van der Waals surface area contributed by atoms with Crippen LogP contribution in [-0.4, -0.2) is 8.07 Å². The molecular weight excluding hydrogens is 124 g/mol. The van der Waals surface area contributed by atoms with Gasteiger partial charge in [0.2, 0.25) is 0 Å². The largest absolute Gasteiger partial charge is 0.104 e. The van der Waals surface area contributed by atoms with Gasteiger partial charge >= 0.3 is 0 Å². The van der Waals surface area contributed by atoms with Crippen molar-refractivity contribution < 1.29 is 0 Å². The van der Waals surface area contributed by atoms with Crippen LogP contribution in [0.2, 0.25) is 18.6 Å². The van der Waals surface area contributed by atoms with Crippen molar-refractivity contribution in [1.82, 2.24) is 0 Å². The first-order valence-corrected chi connectivity index (χ1v) is 6.64. The van der Waals surface area contributed by atoms with Gasteiger partial charge in [0.05, 0.1) is 8.07 Å². The highest BCUT2D eigenvalue weighted by molar-refractivity contribution is 6.85. The maximum atomic E-state index is 4.03. The molecule has 0 heterocycles. The van der Waals surface area contributed by atoms with E-state index in [1.807, 2.05) is 0 Å². The predicted octanol–water partition coefficient (Wildman–Crippen LogP) is 3.22. The zero-order valence-electron chi connectivity index (χ0n) is 7.12. The summed E-state index contributed by atoms with van der Waals surface area (Å²) in [6.07, 6.45) is 0. The van der Waals surface area contributed by atoms with Crippen molar-refractivity contribution in [1.29, 1.82) is 0 Å². The molecule has 0 saturated heterocycles. The minimum atomic E-state index is -0.969. The van der Waals surface area contributed by atoms with Crippen LogP contribution in [-0.2, 0) is 0 Å². The van der Waals surface area contributed by atoms with E-state index in [1.165, 1.54) is 17.3 Å². The standard InChI is InChI=1S/C8H18Si/c1-6-9(5,7-2)8(3)4/h3,6-7H2,1-2,4-5H3. The molecule has 0 N–H and O–H groups in total. The van der Waals surface area contributed by atoms with E-state index in [2.05, 4.69) is 33.9 Å². The Hall–Kier alpha value is -0.0431. The van der Waals surface area contributed by atoms with E-state index in [9.17, 15) is 0 Å². The summed E-state index contributed by atoms with van der Waals surface area (Å²) in [5.41, 5.74) is 0. The summed E-state index contributed by atoms with van der Waals surface area (Å²) in [6.45, 7) is 13.2. The molecule has 0 amide bonds. The topological polar surface area (TPSA) is 0 Å². The zero-order valence-corrected chi connectivity index (χ0v) is 8.12. The molecule has 0 saturated carbocycles. The van der Waals surface area contributed by atoms with Crippen molar-refractivity contribution in [2.45, 2.75) is 39.4 Å². The van der Waals surface area contributed by atoms with Crippen LogP contribution in [0.3, 0.4) is 0 Å². The lowest BCUT2D eigenvalue weighted by atomic mass is 10.7. The maximum absolute atomic E-state index is 4.03. The summed E-state index contributed by atoms with van der Waals surface area (Å²) >= 11 is 0. The second-order valence-corrected chi connectivity index (χ2v) is 8.44. The molecule has 0 aliphatic carbocycles. The maximum Gasteiger partial charge on any atom is 0.0768 e. The van der Waals surface area contributed by atoms with Gasteiger partial charge in [0.25, 0.3) is 0 Å². The average molecular weight is 142 g/mol. The minimum absolute atomic E-state index is 0.969. The van der Waals surface area contributed by atoms with E-state index in [0.29, 0.717) is 0 Å². The highest BCUT2D eigenvalue weighted by Gasteiger charge is 2.22. The first-order valence-electron chi connectivity index (χ1n) is 3.72. The third-order valence-corrected chi connectivity index (χ3v) is 7.77. The fraction of sp³-hybridized carbons (Fsp3) is 0.750. The Balaban J connectivity index is 4.09. The van der Waals surface area contributed by atoms with Gasteiger partial charge in [-0.2, -0.15) is 0 Å². The number of hydrogen-bond acceptors (Lipinski definition) is 0. The van der Waals surface area contributed by atoms with Gasteiger partial charge in [0, 0.05) is 0 Å². The van der Waals surface area contributed by atoms with Gasteiger partial charge < -0.3 is 0 Å². The molecule has 0 radical (unpaired) electrons. The van der Waals surface area contributed by atoms with Crippen LogP contribution in [0.4, 0.5) is 0 Å². The Morgan fingerprint density at radius 2 is 1.67 bits per heavy atom. The van der Waals surface area contributed by atoms with Crippen LogP contribution in [0.1, 0.15) is 20.8 Å². The average Bonchev–Trinajstić information content (AvgIpc) is 1.86. The summed E-state index contributed by atoms with van der Waals surface area (Å²) in [6, 6.07) is 2.69. The SMILES string of the molecule is C=C(C)[Si](C)(CC)CC. The monoisotopic (exact) mass is 142 g/mol. The molecule has 0 nitrogen and oxygen atoms in total. The molecule has 54 valence electrons. The number of allylic oxidation sites excluding steroid dienone is 1. The quantitative estimate of drug-likeness (QED) is 0.531. The molecule has 1 heteroatoms. The molecule has 0 atom stereocenters. The van der Waals surface area contributed by atoms with Crippen LogP contribution >= 0.6 is 0 Å². The fourth-order valence-corrected chi connectivity index (χ4v) is 2.56. The summed E-state index contributed by atoms with van der Waals surface area (Å²) < 4.78 is 0. The number of rotatable bonds is 3. The van der Waals surface area contributed by atoms with Crippen LogP contribution < -0.4 is 0 Å². The van der Waals surface area contributed by atoms with E-state index in [-0.39, 0.29) is 0 Å². The highest BCUT2D eigenvalue weighted by atomic mass is 28.3. The third-order valence-electron chi connectivity index (χ3n) is 2.59. The highest BCUT2D eigenvalue weighted by Crippen LogP contribution is 2.21. The second-order valence-electron chi connectivity index (χ2n) is 3.05. The van der Waals surface area contributed by atoms with Crippen molar-refractivity contribution in [2.75, 3.05) is 0 Å². The molecule has 0 unspecified atom stereocenters. The van der Waals surface area contributed by atoms with E-state index in [1.54, 1.807) is 0 Å². The van der Waals surface area contributed by atoms with E-state index >= 15 is 0 Å². The van der Waals surface area contributed by atoms with Crippen molar-refractivity contribution in [2.24, 2.45) is 0 Å². The van der Waals surface area contributed by atoms with Gasteiger partial charge in [-0.15, -0.1) is 6.58 Å². The lowest BCUT2D eigenvalue weighted by Gasteiger charge is -2.23. The van der Waals surface area contributed by atoms with Gasteiger partial charge in [-0.25, -0.2) is 0 Å². The molecule has 0 aromatic carbocycles. The van der Waals surface area contributed by atoms with Crippen molar-refractivity contribution in [3.8, 4) is 0 Å². The van der Waals surface area contributed by atoms with Gasteiger partial charge in [-0.05, 0) is 6.92 Å². The molecule has 0 aromatic heterocycles. The minimum Gasteiger partial charge on any atom is -0.104 e. The van der Waals surface area contributed by atoms with Crippen molar-refractivity contribution >= 4 is 8.07 Å². The van der Waals surface area contributed by atoms with Gasteiger partial charge in [-0.1, -0.05) is 37.7 Å². The van der Waals surface area contributed by atoms with E-state index in [0.717, 1.165) is 0 Å². The van der Waals surface area contributed by atoms with E-state index in [4.69, 9.17) is 0 Å². The van der Waals surface area contributed by atoms with Gasteiger partial charge in [0.15, 0.2) is 0 Å². The zero-order chi connectivity index (χ0) is 7.49. The Morgan fingerprint density at radius 3 is 1.67 bits per heavy atom. The molecule has 0 aliphatic rings. The lowest BCUT2D eigenvalue weighted by Crippen LogP contribution is -2.28. The Bertz CT molecular complexity index is 101. The summed E-state index contributed by atoms with van der Waals surface area (Å²) in [7, 11) is -0.969. The van der Waals surface area contributed by atoms with Crippen molar-refractivity contribution in [3.63, 3.8) is 0 Å². The first-order chi connectivity index (χ1) is 4.06. The fourth-order valence-electron chi connectivity index (χ4n) is 0.854. The van der Waals surface area contributed by atoms with Crippen LogP contribution in [0.5, 0.6) is 0 Å². The van der Waals surface area contributed by atoms with Crippen LogP contribution in [0.25, 0.3) is 0 Å². The van der Waals surface area contributed by atoms with Crippen molar-refractivity contribution in [3.05, 3.63) is 11.8 Å². The molecule has 0 aromatic rings. The van der Waals surface area contributed by atoms with E-state index < -0.39 is 8.07 Å². The molecular formula is C8H18Si. The van der Waals surface area contributed by atoms with Crippen LogP contribution in [0, 0.1) is 0 Å². The molecule has 0 rings (SSSR count). The second kappa shape index (κ2) is 3.21. The summed E-state index contributed by atoms with van der Waals surface area (Å²) in [5.74, 6) is 0. The molecule has 0 aliphatic heterocycles. The summed E-state index contributed by atoms with van der Waals surface area (Å²) in [4.78, 5) is 0. The molecule has 9 heavy (non-hydrogen) atoms. The van der Waals surface area contributed by atoms with Gasteiger partial charge in [0.1, 0.15) is 0 Å². The lowest BCUT2D eigenvalue weighted by molar-refractivity contribution is 1.24. The molecule has 0 bridgehead atoms. The molecule has 0 spiro atoms. The number of hydrogen-bond donors (Lipinski definition) is 0. The Kier molecular flexibility index (Phi) is 3.19. The first kappa shape index (κ1) is 8.96. The third kappa shape index (κ3) is 1.97. The molecule has 0 fully saturated rings. The Labute approximate surface area is 60.0 Å². The van der Waals surface area contributed by atoms with Gasteiger partial charge in [-0.3, -0.25) is 0 Å².